The van der Waals surface area contributed by atoms with E-state index in [-0.39, 0.29) is 80.3 Å². The van der Waals surface area contributed by atoms with Crippen molar-refractivity contribution in [2.75, 3.05) is 23.8 Å². The minimum atomic E-state index is -2.13. The Bertz CT molecular complexity index is 2610. The topological polar surface area (TPSA) is 252 Å². The van der Waals surface area contributed by atoms with Gasteiger partial charge in [-0.05, 0) is 43.8 Å². The van der Waals surface area contributed by atoms with Crippen LogP contribution in [0.15, 0.2) is 22.2 Å². The van der Waals surface area contributed by atoms with Gasteiger partial charge in [0.15, 0.2) is 43.1 Å². The standard InChI is InChI=1S/C24H37N5O5Si.C18H23N5O5/c1-13(2)18(30)27-21-26-17-14(19(31)28-21)25-12-29(17)20-15-16(34-35(7,8)22(3,4)5)24(33-20,11-32-15)23(6)9-10-23;1-8(2)13(25)21-16-20-12-9(14(26)22-16)19-7-23(12)15-10-11(24)18(28-15,6-27-10)17(3)4-5-17/h12-13,15-16,20H,9-11H2,1-8H3,(H2,26,27,28,30,31);7-8,10-11,15,24H,4-6H2,1-3H3,(H2,20,21,22,25,26)/t15?,16-,20-,24+;10?,11-,15-,18+/m11/s1. The SMILES string of the molecule is CC(C)C(=O)Nc1nc2c(ncn2[C@@H]2O[C@@]3(C4(C)CC4)COC2[C@H]3O)c(=O)[nH]1.CC(C)C(=O)Nc1nc2c(ncn2[C@@H]2O[C@@]3(C4(C)CC4)COC2[C@H]3O[Si](C)(C)C(C)(C)C)c(=O)[nH]1. The van der Waals surface area contributed by atoms with Gasteiger partial charge in [-0.15, -0.1) is 0 Å². The summed E-state index contributed by atoms with van der Waals surface area (Å²) in [5.41, 5.74) is -1.41. The molecule has 6 aliphatic rings. The summed E-state index contributed by atoms with van der Waals surface area (Å²) in [5, 5.41) is 16.2. The third kappa shape index (κ3) is 6.82. The van der Waals surface area contributed by atoms with Crippen molar-refractivity contribution in [3.63, 3.8) is 0 Å². The van der Waals surface area contributed by atoms with E-state index < -0.39 is 55.3 Å². The van der Waals surface area contributed by atoms with Crippen LogP contribution in [0.25, 0.3) is 22.3 Å². The van der Waals surface area contributed by atoms with Gasteiger partial charge in [-0.2, -0.15) is 9.97 Å². The highest BCUT2D eigenvalue weighted by Gasteiger charge is 2.74. The molecule has 20 nitrogen and oxygen atoms in total. The second kappa shape index (κ2) is 14.6. The van der Waals surface area contributed by atoms with E-state index in [1.807, 2.05) is 0 Å². The summed E-state index contributed by atoms with van der Waals surface area (Å²) in [4.78, 5) is 71.8. The molecule has 0 aromatic carbocycles. The number of rotatable bonds is 10. The maximum atomic E-state index is 12.7. The molecule has 2 amide bonds. The van der Waals surface area contributed by atoms with Crippen molar-refractivity contribution < 1.29 is 38.1 Å². The van der Waals surface area contributed by atoms with Crippen LogP contribution in [0, 0.1) is 22.7 Å². The highest BCUT2D eigenvalue weighted by atomic mass is 28.4. The fraction of sp³-hybridized carbons (Fsp3) is 0.714. The number of nitrogens with one attached hydrogen (secondary N) is 4. The second-order valence-electron chi connectivity index (χ2n) is 21.0. The summed E-state index contributed by atoms with van der Waals surface area (Å²) >= 11 is 0. The molecular weight excluding hydrogens is 833 g/mol. The van der Waals surface area contributed by atoms with Crippen LogP contribution in [-0.2, 0) is 33.0 Å². The number of aliphatic hydroxyl groups is 1. The molecule has 8 heterocycles. The van der Waals surface area contributed by atoms with Crippen molar-refractivity contribution in [3.05, 3.63) is 33.4 Å². The molecule has 4 bridgehead atoms. The summed E-state index contributed by atoms with van der Waals surface area (Å²) in [5.74, 6) is -0.875. The molecule has 5 N–H and O–H groups in total. The normalized spacial score (nSPS) is 31.2. The number of ether oxygens (including phenoxy) is 4. The van der Waals surface area contributed by atoms with Crippen LogP contribution < -0.4 is 21.8 Å². The van der Waals surface area contributed by atoms with E-state index in [1.54, 1.807) is 43.2 Å². The fourth-order valence-electron chi connectivity index (χ4n) is 9.06. The first-order valence-electron chi connectivity index (χ1n) is 21.9. The zero-order chi connectivity index (χ0) is 45.4. The Labute approximate surface area is 364 Å². The number of hydrogen-bond donors (Lipinski definition) is 5. The predicted molar refractivity (Wildman–Crippen MR) is 231 cm³/mol. The zero-order valence-corrected chi connectivity index (χ0v) is 38.8. The Kier molecular flexibility index (Phi) is 10.1. The number of amides is 2. The van der Waals surface area contributed by atoms with Crippen LogP contribution in [0.5, 0.6) is 0 Å². The van der Waals surface area contributed by atoms with Gasteiger partial charge in [-0.25, -0.2) is 9.97 Å². The first kappa shape index (κ1) is 43.8. The molecule has 8 atom stereocenters. The van der Waals surface area contributed by atoms with Crippen molar-refractivity contribution in [2.24, 2.45) is 22.7 Å². The molecular formula is C42H60N10O10Si. The Balaban J connectivity index is 0.000000164. The van der Waals surface area contributed by atoms with Gasteiger partial charge in [-0.3, -0.25) is 48.9 Å². The Morgan fingerprint density at radius 3 is 1.68 bits per heavy atom. The van der Waals surface area contributed by atoms with Crippen LogP contribution in [0.2, 0.25) is 18.1 Å². The average molecular weight is 893 g/mol. The molecule has 6 fully saturated rings. The molecule has 10 rings (SSSR count). The Morgan fingerprint density at radius 1 is 0.794 bits per heavy atom. The van der Waals surface area contributed by atoms with Gasteiger partial charge in [0.25, 0.3) is 11.1 Å². The maximum Gasteiger partial charge on any atom is 0.280 e. The minimum Gasteiger partial charge on any atom is -0.408 e. The molecule has 21 heteroatoms. The van der Waals surface area contributed by atoms with Gasteiger partial charge >= 0.3 is 0 Å². The molecule has 2 aliphatic carbocycles. The van der Waals surface area contributed by atoms with Gasteiger partial charge in [0.1, 0.15) is 35.6 Å². The predicted octanol–water partition coefficient (Wildman–Crippen LogP) is 4.11. The molecule has 0 spiro atoms. The van der Waals surface area contributed by atoms with E-state index in [9.17, 15) is 24.3 Å². The molecule has 0 radical (unpaired) electrons. The molecule has 4 saturated heterocycles. The van der Waals surface area contributed by atoms with Crippen LogP contribution >= 0.6 is 0 Å². The van der Waals surface area contributed by atoms with E-state index >= 15 is 0 Å². The second-order valence-corrected chi connectivity index (χ2v) is 25.7. The van der Waals surface area contributed by atoms with Crippen LogP contribution in [0.1, 0.15) is 100 Å². The van der Waals surface area contributed by atoms with Crippen molar-refractivity contribution in [2.45, 2.75) is 154 Å². The molecule has 2 saturated carbocycles. The summed E-state index contributed by atoms with van der Waals surface area (Å²) < 4.78 is 35.8. The van der Waals surface area contributed by atoms with Crippen LogP contribution in [0.3, 0.4) is 0 Å². The van der Waals surface area contributed by atoms with Crippen molar-refractivity contribution in [3.8, 4) is 0 Å². The lowest BCUT2D eigenvalue weighted by atomic mass is 9.83. The van der Waals surface area contributed by atoms with Gasteiger partial charge in [0.05, 0.1) is 25.9 Å². The van der Waals surface area contributed by atoms with Crippen LogP contribution in [0.4, 0.5) is 11.9 Å². The van der Waals surface area contributed by atoms with Gasteiger partial charge < -0.3 is 28.5 Å². The van der Waals surface area contributed by atoms with Gasteiger partial charge in [0.2, 0.25) is 23.7 Å². The number of aromatic amines is 2. The number of nitrogens with zero attached hydrogens (tertiary/aromatic N) is 6. The highest BCUT2D eigenvalue weighted by molar-refractivity contribution is 6.74. The third-order valence-electron chi connectivity index (χ3n) is 15.0. The Morgan fingerprint density at radius 2 is 1.22 bits per heavy atom. The van der Waals surface area contributed by atoms with E-state index in [0.717, 1.165) is 25.7 Å². The quantitative estimate of drug-likeness (QED) is 0.141. The zero-order valence-electron chi connectivity index (χ0n) is 37.8. The molecule has 4 aromatic heterocycles. The number of hydrogen-bond acceptors (Lipinski definition) is 14. The van der Waals surface area contributed by atoms with Crippen molar-refractivity contribution >= 4 is 54.4 Å². The lowest BCUT2D eigenvalue weighted by Gasteiger charge is -2.43. The monoisotopic (exact) mass is 892 g/mol. The number of aromatic nitrogens is 8. The number of aliphatic hydroxyl groups excluding tert-OH is 1. The summed E-state index contributed by atoms with van der Waals surface area (Å²) in [7, 11) is -2.13. The summed E-state index contributed by atoms with van der Waals surface area (Å²) in [6.07, 6.45) is 4.01. The van der Waals surface area contributed by atoms with Crippen LogP contribution in [-0.4, -0.2) is 113 Å². The average Bonchev–Trinajstić information content (AvgIpc) is 3.71. The lowest BCUT2D eigenvalue weighted by molar-refractivity contribution is -0.196. The third-order valence-corrected chi connectivity index (χ3v) is 19.4. The first-order chi connectivity index (χ1) is 29.4. The number of H-pyrrole nitrogens is 2. The summed E-state index contributed by atoms with van der Waals surface area (Å²) in [6.45, 7) is 23.4. The lowest BCUT2D eigenvalue weighted by Crippen LogP contribution is -2.54. The number of imidazole rings is 2. The van der Waals surface area contributed by atoms with Crippen molar-refractivity contribution in [1.29, 1.82) is 0 Å². The molecule has 2 unspecified atom stereocenters. The minimum absolute atomic E-state index is 0.0266. The first-order valence-corrected chi connectivity index (χ1v) is 24.9. The Hall–Kier alpha value is -4.38. The highest BCUT2D eigenvalue weighted by Crippen LogP contribution is 2.66. The largest absolute Gasteiger partial charge is 0.408 e. The smallest absolute Gasteiger partial charge is 0.280 e. The number of carbonyl (C=O) groups is 2. The van der Waals surface area contributed by atoms with E-state index in [2.05, 4.69) is 88.3 Å². The molecule has 4 aromatic rings. The van der Waals surface area contributed by atoms with Gasteiger partial charge in [-0.1, -0.05) is 62.3 Å². The maximum absolute atomic E-state index is 12.7. The van der Waals surface area contributed by atoms with Gasteiger partial charge in [0, 0.05) is 22.7 Å². The molecule has 63 heavy (non-hydrogen) atoms. The fourth-order valence-corrected chi connectivity index (χ4v) is 10.4. The summed E-state index contributed by atoms with van der Waals surface area (Å²) in [6, 6.07) is 0. The number of fused-ring (bicyclic) bond motifs is 6. The molecule has 342 valence electrons. The number of carbonyl (C=O) groups excluding carboxylic acids is 2. The molecule has 4 aliphatic heterocycles. The van der Waals surface area contributed by atoms with E-state index in [0.29, 0.717) is 18.9 Å². The van der Waals surface area contributed by atoms with Crippen molar-refractivity contribution in [1.82, 2.24) is 39.0 Å². The number of anilines is 2. The van der Waals surface area contributed by atoms with E-state index in [4.69, 9.17) is 23.4 Å². The van der Waals surface area contributed by atoms with E-state index in [1.165, 1.54) is 6.33 Å².